The van der Waals surface area contributed by atoms with Gasteiger partial charge in [0.15, 0.2) is 5.78 Å². The van der Waals surface area contributed by atoms with Gasteiger partial charge in [-0.2, -0.15) is 0 Å². The number of amides is 1. The molecule has 0 aliphatic rings. The van der Waals surface area contributed by atoms with Gasteiger partial charge in [0, 0.05) is 22.9 Å². The molecule has 126 valence electrons. The number of para-hydroxylation sites is 2. The molecule has 0 aliphatic carbocycles. The van der Waals surface area contributed by atoms with Crippen LogP contribution in [0.2, 0.25) is 0 Å². The van der Waals surface area contributed by atoms with Crippen LogP contribution < -0.4 is 10.1 Å². The number of nitrogens with one attached hydrogen (secondary N) is 1. The smallest absolute Gasteiger partial charge is 0.224 e. The normalized spacial score (nSPS) is 10.2. The van der Waals surface area contributed by atoms with Crippen molar-refractivity contribution in [1.29, 1.82) is 0 Å². The monoisotopic (exact) mass is 389 g/mol. The maximum atomic E-state index is 12.1. The molecular weight excluding hydrogens is 370 g/mol. The molecule has 0 aliphatic heterocycles. The molecule has 0 radical (unpaired) electrons. The van der Waals surface area contributed by atoms with Gasteiger partial charge in [-0.3, -0.25) is 9.59 Å². The maximum Gasteiger partial charge on any atom is 0.224 e. The Morgan fingerprint density at radius 2 is 1.75 bits per heavy atom. The van der Waals surface area contributed by atoms with Gasteiger partial charge in [0.25, 0.3) is 0 Å². The van der Waals surface area contributed by atoms with Crippen molar-refractivity contribution in [3.63, 3.8) is 0 Å². The lowest BCUT2D eigenvalue weighted by atomic mass is 10.1. The molecule has 0 saturated heterocycles. The van der Waals surface area contributed by atoms with Crippen LogP contribution in [-0.4, -0.2) is 18.3 Å². The standard InChI is InChI=1S/C19H20BrNO3/c1-2-13-24-18-6-4-3-5-16(18)21-19(23)12-11-17(22)14-7-9-15(20)10-8-14/h3-10H,2,11-13H2,1H3,(H,21,23). The predicted molar refractivity (Wildman–Crippen MR) is 98.6 cm³/mol. The Morgan fingerprint density at radius 1 is 1.04 bits per heavy atom. The zero-order valence-corrected chi connectivity index (χ0v) is 15.1. The first-order valence-electron chi connectivity index (χ1n) is 7.90. The molecule has 0 aromatic heterocycles. The number of ketones is 1. The van der Waals surface area contributed by atoms with Crippen LogP contribution in [-0.2, 0) is 4.79 Å². The van der Waals surface area contributed by atoms with Gasteiger partial charge in [0.1, 0.15) is 5.75 Å². The largest absolute Gasteiger partial charge is 0.491 e. The summed E-state index contributed by atoms with van der Waals surface area (Å²) >= 11 is 3.33. The number of carbonyl (C=O) groups is 2. The molecule has 5 heteroatoms. The van der Waals surface area contributed by atoms with Gasteiger partial charge in [-0.15, -0.1) is 0 Å². The minimum atomic E-state index is -0.201. The fraction of sp³-hybridized carbons (Fsp3) is 0.263. The maximum absolute atomic E-state index is 12.1. The topological polar surface area (TPSA) is 55.4 Å². The van der Waals surface area contributed by atoms with E-state index in [0.29, 0.717) is 23.6 Å². The Hall–Kier alpha value is -2.14. The molecule has 1 N–H and O–H groups in total. The summed E-state index contributed by atoms with van der Waals surface area (Å²) in [4.78, 5) is 24.2. The van der Waals surface area contributed by atoms with Crippen molar-refractivity contribution in [3.05, 3.63) is 58.6 Å². The van der Waals surface area contributed by atoms with Crippen LogP contribution in [0.5, 0.6) is 5.75 Å². The fourth-order valence-corrected chi connectivity index (χ4v) is 2.39. The lowest BCUT2D eigenvalue weighted by molar-refractivity contribution is -0.116. The molecule has 0 spiro atoms. The van der Waals surface area contributed by atoms with E-state index >= 15 is 0 Å². The second-order valence-electron chi connectivity index (χ2n) is 5.32. The molecule has 0 heterocycles. The summed E-state index contributed by atoms with van der Waals surface area (Å²) < 4.78 is 6.52. The first kappa shape index (κ1) is 18.2. The van der Waals surface area contributed by atoms with Crippen LogP contribution in [0, 0.1) is 0 Å². The van der Waals surface area contributed by atoms with Crippen LogP contribution >= 0.6 is 15.9 Å². The average molecular weight is 390 g/mol. The van der Waals surface area contributed by atoms with Crippen molar-refractivity contribution < 1.29 is 14.3 Å². The van der Waals surface area contributed by atoms with Gasteiger partial charge >= 0.3 is 0 Å². The lowest BCUT2D eigenvalue weighted by Gasteiger charge is -2.11. The first-order chi connectivity index (χ1) is 11.6. The van der Waals surface area contributed by atoms with E-state index in [1.54, 1.807) is 18.2 Å². The second-order valence-corrected chi connectivity index (χ2v) is 6.24. The van der Waals surface area contributed by atoms with E-state index in [1.165, 1.54) is 0 Å². The number of rotatable bonds is 8. The molecule has 2 aromatic rings. The molecule has 0 fully saturated rings. The highest BCUT2D eigenvalue weighted by Crippen LogP contribution is 2.24. The number of ether oxygens (including phenoxy) is 1. The van der Waals surface area contributed by atoms with Crippen molar-refractivity contribution in [2.45, 2.75) is 26.2 Å². The highest BCUT2D eigenvalue weighted by molar-refractivity contribution is 9.10. The highest BCUT2D eigenvalue weighted by atomic mass is 79.9. The van der Waals surface area contributed by atoms with Crippen LogP contribution in [0.4, 0.5) is 5.69 Å². The minimum absolute atomic E-state index is 0.0480. The summed E-state index contributed by atoms with van der Waals surface area (Å²) in [7, 11) is 0. The average Bonchev–Trinajstić information content (AvgIpc) is 2.59. The number of hydrogen-bond donors (Lipinski definition) is 1. The number of Topliss-reactive ketones (excluding diaryl/α,β-unsaturated/α-hetero) is 1. The van der Waals surface area contributed by atoms with Gasteiger partial charge in [0.2, 0.25) is 5.91 Å². The van der Waals surface area contributed by atoms with Crippen molar-refractivity contribution in [3.8, 4) is 5.75 Å². The van der Waals surface area contributed by atoms with E-state index in [0.717, 1.165) is 10.9 Å². The highest BCUT2D eigenvalue weighted by Gasteiger charge is 2.11. The Bertz CT molecular complexity index is 698. The number of halogens is 1. The lowest BCUT2D eigenvalue weighted by Crippen LogP contribution is -2.14. The molecular formula is C19H20BrNO3. The summed E-state index contributed by atoms with van der Waals surface area (Å²) in [5.74, 6) is 0.396. The van der Waals surface area contributed by atoms with E-state index in [1.807, 2.05) is 37.3 Å². The number of carbonyl (C=O) groups excluding carboxylic acids is 2. The third-order valence-corrected chi connectivity index (χ3v) is 3.90. The SMILES string of the molecule is CCCOc1ccccc1NC(=O)CCC(=O)c1ccc(Br)cc1. The quantitative estimate of drug-likeness (QED) is 0.657. The van der Waals surface area contributed by atoms with Gasteiger partial charge in [-0.1, -0.05) is 47.1 Å². The van der Waals surface area contributed by atoms with Crippen LogP contribution in [0.15, 0.2) is 53.0 Å². The Labute approximate surface area is 150 Å². The first-order valence-corrected chi connectivity index (χ1v) is 8.70. The van der Waals surface area contributed by atoms with Crippen LogP contribution in [0.3, 0.4) is 0 Å². The summed E-state index contributed by atoms with van der Waals surface area (Å²) in [5.41, 5.74) is 1.24. The predicted octanol–water partition coefficient (Wildman–Crippen LogP) is 4.84. The molecule has 2 aromatic carbocycles. The van der Waals surface area contributed by atoms with Gasteiger partial charge in [-0.25, -0.2) is 0 Å². The van der Waals surface area contributed by atoms with E-state index in [4.69, 9.17) is 4.74 Å². The van der Waals surface area contributed by atoms with E-state index in [2.05, 4.69) is 21.2 Å². The third-order valence-electron chi connectivity index (χ3n) is 3.37. The van der Waals surface area contributed by atoms with Crippen molar-refractivity contribution in [2.24, 2.45) is 0 Å². The van der Waals surface area contributed by atoms with Gasteiger partial charge < -0.3 is 10.1 Å². The van der Waals surface area contributed by atoms with E-state index in [9.17, 15) is 9.59 Å². The summed E-state index contributed by atoms with van der Waals surface area (Å²) in [6.45, 7) is 2.61. The molecule has 0 bridgehead atoms. The summed E-state index contributed by atoms with van der Waals surface area (Å²) in [6.07, 6.45) is 1.20. The van der Waals surface area contributed by atoms with Gasteiger partial charge in [0.05, 0.1) is 12.3 Å². The Balaban J connectivity index is 1.89. The summed E-state index contributed by atoms with van der Waals surface area (Å²) in [5, 5.41) is 2.81. The minimum Gasteiger partial charge on any atom is -0.491 e. The van der Waals surface area contributed by atoms with Crippen molar-refractivity contribution >= 4 is 33.3 Å². The Morgan fingerprint density at radius 3 is 2.46 bits per heavy atom. The van der Waals surface area contributed by atoms with E-state index < -0.39 is 0 Å². The molecule has 4 nitrogen and oxygen atoms in total. The Kier molecular flexibility index (Phi) is 7.00. The molecule has 0 atom stereocenters. The van der Waals surface area contributed by atoms with E-state index in [-0.39, 0.29) is 24.5 Å². The third kappa shape index (κ3) is 5.49. The number of hydrogen-bond acceptors (Lipinski definition) is 3. The fourth-order valence-electron chi connectivity index (χ4n) is 2.13. The molecule has 0 unspecified atom stereocenters. The van der Waals surface area contributed by atoms with Crippen molar-refractivity contribution in [1.82, 2.24) is 0 Å². The number of benzene rings is 2. The van der Waals surface area contributed by atoms with Crippen molar-refractivity contribution in [2.75, 3.05) is 11.9 Å². The van der Waals surface area contributed by atoms with Crippen LogP contribution in [0.1, 0.15) is 36.5 Å². The molecule has 24 heavy (non-hydrogen) atoms. The molecule has 2 rings (SSSR count). The van der Waals surface area contributed by atoms with Gasteiger partial charge in [-0.05, 0) is 30.7 Å². The number of anilines is 1. The second kappa shape index (κ2) is 9.23. The molecule has 1 amide bonds. The summed E-state index contributed by atoms with van der Waals surface area (Å²) in [6, 6.07) is 14.4. The zero-order valence-electron chi connectivity index (χ0n) is 13.5. The molecule has 0 saturated carbocycles. The zero-order chi connectivity index (χ0) is 17.4. The van der Waals surface area contributed by atoms with Crippen LogP contribution in [0.25, 0.3) is 0 Å².